The molecule has 1 aliphatic carbocycles. The number of carboxylic acid groups (broad SMARTS) is 1. The molecule has 0 atom stereocenters. The van der Waals surface area contributed by atoms with Crippen molar-refractivity contribution >= 4 is 16.0 Å². The molecule has 1 heterocycles. The van der Waals surface area contributed by atoms with Crippen LogP contribution in [0, 0.1) is 0 Å². The zero-order valence-electron chi connectivity index (χ0n) is 11.4. The number of aryl methyl sites for hydroxylation is 1. The number of aromatic nitrogens is 2. The Labute approximate surface area is 118 Å². The van der Waals surface area contributed by atoms with Gasteiger partial charge in [-0.05, 0) is 25.7 Å². The normalized spacial score (nSPS) is 17.6. The van der Waals surface area contributed by atoms with E-state index in [-0.39, 0.29) is 23.4 Å². The van der Waals surface area contributed by atoms with Gasteiger partial charge < -0.3 is 5.11 Å². The van der Waals surface area contributed by atoms with Crippen molar-refractivity contribution in [2.75, 3.05) is 0 Å². The van der Waals surface area contributed by atoms with Crippen molar-refractivity contribution < 1.29 is 18.3 Å². The minimum absolute atomic E-state index is 0.0858. The van der Waals surface area contributed by atoms with Gasteiger partial charge in [-0.1, -0.05) is 6.92 Å². The number of nitrogens with zero attached hydrogens (tertiary/aromatic N) is 2. The lowest BCUT2D eigenvalue weighted by Gasteiger charge is -2.41. The van der Waals surface area contributed by atoms with Gasteiger partial charge in [0.15, 0.2) is 0 Å². The van der Waals surface area contributed by atoms with Crippen LogP contribution in [0.15, 0.2) is 17.3 Å². The number of carboxylic acids is 1. The molecule has 1 saturated carbocycles. The molecule has 2 rings (SSSR count). The first-order valence-corrected chi connectivity index (χ1v) is 8.13. The van der Waals surface area contributed by atoms with Crippen LogP contribution in [0.2, 0.25) is 0 Å². The third-order valence-electron chi connectivity index (χ3n) is 3.81. The van der Waals surface area contributed by atoms with Gasteiger partial charge in [0.25, 0.3) is 0 Å². The van der Waals surface area contributed by atoms with E-state index in [1.54, 1.807) is 0 Å². The molecule has 1 fully saturated rings. The van der Waals surface area contributed by atoms with E-state index in [1.165, 1.54) is 17.1 Å². The number of nitrogens with one attached hydrogen (secondary N) is 1. The van der Waals surface area contributed by atoms with Crippen molar-refractivity contribution in [1.82, 2.24) is 14.5 Å². The van der Waals surface area contributed by atoms with Crippen LogP contribution in [0.25, 0.3) is 0 Å². The van der Waals surface area contributed by atoms with Gasteiger partial charge in [0.2, 0.25) is 10.0 Å². The van der Waals surface area contributed by atoms with Crippen LogP contribution >= 0.6 is 0 Å². The molecule has 8 heteroatoms. The topological polar surface area (TPSA) is 101 Å². The number of hydrogen-bond donors (Lipinski definition) is 2. The Hall–Kier alpha value is -1.41. The highest BCUT2D eigenvalue weighted by Gasteiger charge is 2.39. The Bertz CT molecular complexity index is 584. The first kappa shape index (κ1) is 15.0. The fourth-order valence-corrected chi connectivity index (χ4v) is 3.77. The number of carbonyl (C=O) groups is 1. The molecule has 7 nitrogen and oxygen atoms in total. The second kappa shape index (κ2) is 5.53. The van der Waals surface area contributed by atoms with Crippen molar-refractivity contribution in [1.29, 1.82) is 0 Å². The van der Waals surface area contributed by atoms with Crippen molar-refractivity contribution in [3.05, 3.63) is 12.4 Å². The van der Waals surface area contributed by atoms with Gasteiger partial charge in [-0.3, -0.25) is 9.48 Å². The SMILES string of the molecule is CCC1(NS(=O)(=O)c2cnn(CCC(=O)O)c2)CCC1. The molecule has 0 radical (unpaired) electrons. The molecule has 2 N–H and O–H groups in total. The second-order valence-electron chi connectivity index (χ2n) is 5.18. The molecular weight excluding hydrogens is 282 g/mol. The Morgan fingerprint density at radius 2 is 2.25 bits per heavy atom. The second-order valence-corrected chi connectivity index (χ2v) is 6.86. The Morgan fingerprint density at radius 3 is 2.75 bits per heavy atom. The summed E-state index contributed by atoms with van der Waals surface area (Å²) in [4.78, 5) is 10.6. The van der Waals surface area contributed by atoms with E-state index < -0.39 is 16.0 Å². The van der Waals surface area contributed by atoms with E-state index in [0.29, 0.717) is 0 Å². The molecule has 0 amide bonds. The van der Waals surface area contributed by atoms with Crippen LogP contribution in [0.5, 0.6) is 0 Å². The Morgan fingerprint density at radius 1 is 1.55 bits per heavy atom. The van der Waals surface area contributed by atoms with Gasteiger partial charge >= 0.3 is 5.97 Å². The maximum absolute atomic E-state index is 12.3. The summed E-state index contributed by atoms with van der Waals surface area (Å²) in [5.41, 5.74) is -0.317. The molecular formula is C12H19N3O4S. The highest BCUT2D eigenvalue weighted by molar-refractivity contribution is 7.89. The highest BCUT2D eigenvalue weighted by atomic mass is 32.2. The van der Waals surface area contributed by atoms with Crippen molar-refractivity contribution in [3.8, 4) is 0 Å². The number of rotatable bonds is 7. The number of sulfonamides is 1. The highest BCUT2D eigenvalue weighted by Crippen LogP contribution is 2.35. The maximum Gasteiger partial charge on any atom is 0.305 e. The summed E-state index contributed by atoms with van der Waals surface area (Å²) in [5, 5.41) is 12.5. The summed E-state index contributed by atoms with van der Waals surface area (Å²) in [6.45, 7) is 2.13. The fraction of sp³-hybridized carbons (Fsp3) is 0.667. The zero-order chi connectivity index (χ0) is 14.8. The van der Waals surface area contributed by atoms with Crippen LogP contribution in [0.3, 0.4) is 0 Å². The average molecular weight is 301 g/mol. The first-order valence-electron chi connectivity index (χ1n) is 6.65. The molecule has 20 heavy (non-hydrogen) atoms. The fourth-order valence-electron chi connectivity index (χ4n) is 2.29. The minimum atomic E-state index is -3.59. The monoisotopic (exact) mass is 301 g/mol. The smallest absolute Gasteiger partial charge is 0.305 e. The predicted molar refractivity (Wildman–Crippen MR) is 71.7 cm³/mol. The molecule has 1 aliphatic rings. The average Bonchev–Trinajstić information content (AvgIpc) is 2.81. The predicted octanol–water partition coefficient (Wildman–Crippen LogP) is 0.969. The van der Waals surface area contributed by atoms with Crippen LogP contribution in [0.1, 0.15) is 39.0 Å². The molecule has 0 saturated heterocycles. The third kappa shape index (κ3) is 3.18. The summed E-state index contributed by atoms with van der Waals surface area (Å²) in [5.74, 6) is -0.942. The Balaban J connectivity index is 2.08. The summed E-state index contributed by atoms with van der Waals surface area (Å²) in [6.07, 6.45) is 6.05. The molecule has 0 aliphatic heterocycles. The largest absolute Gasteiger partial charge is 0.481 e. The number of hydrogen-bond acceptors (Lipinski definition) is 4. The van der Waals surface area contributed by atoms with E-state index in [9.17, 15) is 13.2 Å². The summed E-state index contributed by atoms with van der Waals surface area (Å²) in [7, 11) is -3.59. The molecule has 112 valence electrons. The molecule has 0 bridgehead atoms. The lowest BCUT2D eigenvalue weighted by Crippen LogP contribution is -2.52. The third-order valence-corrected chi connectivity index (χ3v) is 5.35. The van der Waals surface area contributed by atoms with E-state index in [4.69, 9.17) is 5.11 Å². The van der Waals surface area contributed by atoms with Crippen molar-refractivity contribution in [3.63, 3.8) is 0 Å². The summed E-state index contributed by atoms with van der Waals surface area (Å²) in [6, 6.07) is 0. The molecule has 1 aromatic heterocycles. The summed E-state index contributed by atoms with van der Waals surface area (Å²) >= 11 is 0. The van der Waals surface area contributed by atoms with Gasteiger partial charge in [0, 0.05) is 11.7 Å². The van der Waals surface area contributed by atoms with Gasteiger partial charge in [-0.2, -0.15) is 5.10 Å². The first-order chi connectivity index (χ1) is 9.37. The van der Waals surface area contributed by atoms with Crippen LogP contribution in [0.4, 0.5) is 0 Å². The molecule has 0 unspecified atom stereocenters. The van der Waals surface area contributed by atoms with Gasteiger partial charge in [-0.15, -0.1) is 0 Å². The maximum atomic E-state index is 12.3. The van der Waals surface area contributed by atoms with E-state index in [1.807, 2.05) is 6.92 Å². The molecule has 0 spiro atoms. The van der Waals surface area contributed by atoms with E-state index >= 15 is 0 Å². The summed E-state index contributed by atoms with van der Waals surface area (Å²) < 4.78 is 28.6. The molecule has 1 aromatic rings. The lowest BCUT2D eigenvalue weighted by molar-refractivity contribution is -0.137. The lowest BCUT2D eigenvalue weighted by atomic mass is 9.76. The van der Waals surface area contributed by atoms with E-state index in [2.05, 4.69) is 9.82 Å². The van der Waals surface area contributed by atoms with Gasteiger partial charge in [0.05, 0.1) is 19.2 Å². The van der Waals surface area contributed by atoms with E-state index in [0.717, 1.165) is 25.7 Å². The van der Waals surface area contributed by atoms with Gasteiger partial charge in [0.1, 0.15) is 4.90 Å². The van der Waals surface area contributed by atoms with Crippen molar-refractivity contribution in [2.45, 2.75) is 56.0 Å². The van der Waals surface area contributed by atoms with Gasteiger partial charge in [-0.25, -0.2) is 13.1 Å². The molecule has 0 aromatic carbocycles. The zero-order valence-corrected chi connectivity index (χ0v) is 12.2. The van der Waals surface area contributed by atoms with Crippen molar-refractivity contribution in [2.24, 2.45) is 0 Å². The van der Waals surface area contributed by atoms with Crippen LogP contribution in [-0.2, 0) is 21.4 Å². The van der Waals surface area contributed by atoms with Crippen LogP contribution in [-0.4, -0.2) is 34.8 Å². The minimum Gasteiger partial charge on any atom is -0.481 e. The van der Waals surface area contributed by atoms with Crippen LogP contribution < -0.4 is 4.72 Å². The standard InChI is InChI=1S/C12H19N3O4S/c1-2-12(5-3-6-12)14-20(18,19)10-8-13-15(9-10)7-4-11(16)17/h8-9,14H,2-7H2,1H3,(H,16,17). The number of aliphatic carboxylic acids is 1. The quantitative estimate of drug-likeness (QED) is 0.781. The Kier molecular flexibility index (Phi) is 4.14.